The molecule has 0 aliphatic carbocycles. The van der Waals surface area contributed by atoms with Crippen LogP contribution in [0, 0.1) is 0 Å². The highest BCUT2D eigenvalue weighted by Crippen LogP contribution is 2.36. The maximum atomic E-state index is 12.6. The fourth-order valence-corrected chi connectivity index (χ4v) is 4.24. The van der Waals surface area contributed by atoms with E-state index in [1.807, 2.05) is 33.9 Å². The first-order valence-electron chi connectivity index (χ1n) is 8.26. The van der Waals surface area contributed by atoms with Crippen molar-refractivity contribution in [3.05, 3.63) is 46.9 Å². The summed E-state index contributed by atoms with van der Waals surface area (Å²) in [5.74, 6) is 0.876. The van der Waals surface area contributed by atoms with Gasteiger partial charge in [-0.25, -0.2) is 0 Å². The molecule has 0 bridgehead atoms. The summed E-state index contributed by atoms with van der Waals surface area (Å²) < 4.78 is 12.1. The molecule has 6 heteroatoms. The maximum Gasteiger partial charge on any atom is 0.254 e. The molecule has 1 amide bonds. The Bertz CT molecular complexity index is 692. The lowest BCUT2D eigenvalue weighted by Gasteiger charge is -2.39. The number of nitrogens with zero attached hydrogens (tertiary/aromatic N) is 2. The van der Waals surface area contributed by atoms with E-state index in [0.717, 1.165) is 37.1 Å². The molecular formula is C18H20N2O3S. The van der Waals surface area contributed by atoms with E-state index in [4.69, 9.17) is 9.47 Å². The van der Waals surface area contributed by atoms with Crippen LogP contribution in [0.4, 0.5) is 0 Å². The van der Waals surface area contributed by atoms with Crippen LogP contribution < -0.4 is 4.74 Å². The van der Waals surface area contributed by atoms with E-state index < -0.39 is 0 Å². The van der Waals surface area contributed by atoms with Crippen LogP contribution >= 0.6 is 11.3 Å². The lowest BCUT2D eigenvalue weighted by atomic mass is 9.89. The number of pyridine rings is 1. The van der Waals surface area contributed by atoms with Crippen LogP contribution in [-0.4, -0.2) is 47.2 Å². The molecule has 0 aromatic carbocycles. The Kier molecular flexibility index (Phi) is 4.24. The molecule has 2 saturated heterocycles. The van der Waals surface area contributed by atoms with Crippen molar-refractivity contribution in [3.63, 3.8) is 0 Å². The summed E-state index contributed by atoms with van der Waals surface area (Å²) in [6.07, 6.45) is 6.23. The number of aromatic nitrogens is 1. The molecule has 0 N–H and O–H groups in total. The van der Waals surface area contributed by atoms with Gasteiger partial charge in [-0.1, -0.05) is 0 Å². The third-order valence-corrected chi connectivity index (χ3v) is 5.39. The van der Waals surface area contributed by atoms with Gasteiger partial charge in [0.15, 0.2) is 0 Å². The van der Waals surface area contributed by atoms with Crippen molar-refractivity contribution in [3.8, 4) is 5.75 Å². The Labute approximate surface area is 145 Å². The summed E-state index contributed by atoms with van der Waals surface area (Å²) in [7, 11) is 0. The van der Waals surface area contributed by atoms with E-state index in [1.165, 1.54) is 0 Å². The molecule has 0 saturated carbocycles. The Morgan fingerprint density at radius 2 is 2.42 bits per heavy atom. The summed E-state index contributed by atoms with van der Waals surface area (Å²) in [6.45, 7) is 2.01. The molecular weight excluding hydrogens is 324 g/mol. The van der Waals surface area contributed by atoms with Crippen LogP contribution in [0.1, 0.15) is 29.6 Å². The Hall–Kier alpha value is -1.92. The van der Waals surface area contributed by atoms with Crippen LogP contribution in [0.5, 0.6) is 5.75 Å². The smallest absolute Gasteiger partial charge is 0.254 e. The standard InChI is InChI=1S/C18H20N2O3S/c21-17(14-4-8-24-12-14)20-7-2-5-18(13-20)9-16(11-22-18)23-15-3-1-6-19-10-15/h1,3-4,6,8,10,12,16H,2,5,7,9,11,13H2/t16-,18+/m1/s1. The molecule has 0 unspecified atom stereocenters. The molecule has 0 radical (unpaired) electrons. The second-order valence-corrected chi connectivity index (χ2v) is 7.25. The average molecular weight is 344 g/mol. The lowest BCUT2D eigenvalue weighted by molar-refractivity contribution is -0.0453. The molecule has 4 rings (SSSR count). The molecule has 5 nitrogen and oxygen atoms in total. The van der Waals surface area contributed by atoms with Gasteiger partial charge in [-0.3, -0.25) is 9.78 Å². The number of hydrogen-bond donors (Lipinski definition) is 0. The summed E-state index contributed by atoms with van der Waals surface area (Å²) in [5.41, 5.74) is 0.509. The van der Waals surface area contributed by atoms with Crippen molar-refractivity contribution >= 4 is 17.2 Å². The van der Waals surface area contributed by atoms with Gasteiger partial charge in [0.25, 0.3) is 5.91 Å². The molecule has 2 aromatic heterocycles. The van der Waals surface area contributed by atoms with E-state index in [9.17, 15) is 4.79 Å². The minimum Gasteiger partial charge on any atom is -0.486 e. The number of thiophene rings is 1. The topological polar surface area (TPSA) is 51.7 Å². The first-order chi connectivity index (χ1) is 11.7. The number of carbonyl (C=O) groups excluding carboxylic acids is 1. The van der Waals surface area contributed by atoms with Crippen molar-refractivity contribution in [1.29, 1.82) is 0 Å². The van der Waals surface area contributed by atoms with E-state index >= 15 is 0 Å². The number of piperidine rings is 1. The zero-order valence-electron chi connectivity index (χ0n) is 13.4. The highest BCUT2D eigenvalue weighted by atomic mass is 32.1. The van der Waals surface area contributed by atoms with E-state index in [0.29, 0.717) is 13.2 Å². The average Bonchev–Trinajstić information content (AvgIpc) is 3.26. The van der Waals surface area contributed by atoms with Gasteiger partial charge in [-0.05, 0) is 36.4 Å². The van der Waals surface area contributed by atoms with Crippen molar-refractivity contribution < 1.29 is 14.3 Å². The third-order valence-electron chi connectivity index (χ3n) is 4.71. The second kappa shape index (κ2) is 6.53. The zero-order chi connectivity index (χ0) is 16.4. The minimum absolute atomic E-state index is 0.0189. The van der Waals surface area contributed by atoms with Gasteiger partial charge < -0.3 is 14.4 Å². The Morgan fingerprint density at radius 1 is 1.46 bits per heavy atom. The van der Waals surface area contributed by atoms with Gasteiger partial charge in [-0.2, -0.15) is 11.3 Å². The predicted molar refractivity (Wildman–Crippen MR) is 91.4 cm³/mol. The number of ether oxygens (including phenoxy) is 2. The molecule has 4 heterocycles. The first kappa shape index (κ1) is 15.6. The fraction of sp³-hybridized carbons (Fsp3) is 0.444. The van der Waals surface area contributed by atoms with Gasteiger partial charge in [0.1, 0.15) is 11.9 Å². The van der Waals surface area contributed by atoms with E-state index in [-0.39, 0.29) is 17.6 Å². The molecule has 2 aromatic rings. The molecule has 2 atom stereocenters. The van der Waals surface area contributed by atoms with Gasteiger partial charge in [0, 0.05) is 24.5 Å². The summed E-state index contributed by atoms with van der Waals surface area (Å²) in [4.78, 5) is 18.6. The highest BCUT2D eigenvalue weighted by Gasteiger charge is 2.45. The van der Waals surface area contributed by atoms with Crippen LogP contribution in [-0.2, 0) is 4.74 Å². The SMILES string of the molecule is O=C(c1ccsc1)N1CCC[C@]2(C[C@@H](Oc3cccnc3)CO2)C1. The van der Waals surface area contributed by atoms with Crippen LogP contribution in [0.2, 0.25) is 0 Å². The number of likely N-dealkylation sites (tertiary alicyclic amines) is 1. The Morgan fingerprint density at radius 3 is 3.21 bits per heavy atom. The van der Waals surface area contributed by atoms with Gasteiger partial charge in [0.05, 0.1) is 30.5 Å². The molecule has 2 fully saturated rings. The van der Waals surface area contributed by atoms with Crippen molar-refractivity contribution in [2.24, 2.45) is 0 Å². The summed E-state index contributed by atoms with van der Waals surface area (Å²) >= 11 is 1.55. The van der Waals surface area contributed by atoms with Crippen LogP contribution in [0.25, 0.3) is 0 Å². The zero-order valence-corrected chi connectivity index (χ0v) is 14.2. The second-order valence-electron chi connectivity index (χ2n) is 6.47. The Balaban J connectivity index is 1.41. The molecule has 24 heavy (non-hydrogen) atoms. The van der Waals surface area contributed by atoms with Crippen LogP contribution in [0.3, 0.4) is 0 Å². The minimum atomic E-state index is -0.267. The largest absolute Gasteiger partial charge is 0.486 e. The van der Waals surface area contributed by atoms with Crippen molar-refractivity contribution in [1.82, 2.24) is 9.88 Å². The monoisotopic (exact) mass is 344 g/mol. The lowest BCUT2D eigenvalue weighted by Crippen LogP contribution is -2.50. The molecule has 126 valence electrons. The number of hydrogen-bond acceptors (Lipinski definition) is 5. The molecule has 2 aliphatic rings. The normalized spacial score (nSPS) is 26.7. The van der Waals surface area contributed by atoms with Crippen molar-refractivity contribution in [2.75, 3.05) is 19.7 Å². The van der Waals surface area contributed by atoms with E-state index in [1.54, 1.807) is 23.7 Å². The van der Waals surface area contributed by atoms with Gasteiger partial charge in [-0.15, -0.1) is 0 Å². The summed E-state index contributed by atoms with van der Waals surface area (Å²) in [5, 5.41) is 3.85. The number of amides is 1. The molecule has 1 spiro atoms. The van der Waals surface area contributed by atoms with Crippen molar-refractivity contribution in [2.45, 2.75) is 31.0 Å². The van der Waals surface area contributed by atoms with Crippen LogP contribution in [0.15, 0.2) is 41.4 Å². The highest BCUT2D eigenvalue weighted by molar-refractivity contribution is 7.08. The van der Waals surface area contributed by atoms with Gasteiger partial charge >= 0.3 is 0 Å². The third kappa shape index (κ3) is 3.16. The van der Waals surface area contributed by atoms with Gasteiger partial charge in [0.2, 0.25) is 0 Å². The predicted octanol–water partition coefficient (Wildman–Crippen LogP) is 2.99. The fourth-order valence-electron chi connectivity index (χ4n) is 3.61. The maximum absolute atomic E-state index is 12.6. The summed E-state index contributed by atoms with van der Waals surface area (Å²) in [6, 6.07) is 5.66. The first-order valence-corrected chi connectivity index (χ1v) is 9.21. The molecule has 2 aliphatic heterocycles. The van der Waals surface area contributed by atoms with E-state index in [2.05, 4.69) is 4.98 Å². The number of carbonyl (C=O) groups is 1. The quantitative estimate of drug-likeness (QED) is 0.859. The number of rotatable bonds is 3.